The van der Waals surface area contributed by atoms with E-state index in [0.29, 0.717) is 0 Å². The smallest absolute Gasteiger partial charge is 1.00 e. The van der Waals surface area contributed by atoms with Crippen molar-refractivity contribution in [2.24, 2.45) is 0 Å². The Labute approximate surface area is 122 Å². The van der Waals surface area contributed by atoms with E-state index < -0.39 is 24.5 Å². The fourth-order valence-corrected chi connectivity index (χ4v) is 0.253. The number of halogens is 1. The number of aliphatic hydroxyl groups is 1. The standard InChI is InChI=1S/C4H6O5.ClH.2Na.2H/c5-2(4(8)9)1-3(6)7;;;;;/h2,5H,1H2,(H,6,7)(H,8,9);1H;;;;/q;;2*+1;2*-1. The minimum Gasteiger partial charge on any atom is -1.00 e. The topological polar surface area (TPSA) is 94.8 Å². The molecule has 0 aromatic heterocycles. The molecule has 0 aliphatic heterocycles. The normalized spacial score (nSPS) is 9.42. The molecule has 0 bridgehead atoms. The van der Waals surface area contributed by atoms with Gasteiger partial charge in [0.25, 0.3) is 0 Å². The van der Waals surface area contributed by atoms with Gasteiger partial charge in [0.15, 0.2) is 6.10 Å². The molecule has 0 spiro atoms. The number of hydrogen-bond donors (Lipinski definition) is 3. The molecule has 3 N–H and O–H groups in total. The van der Waals surface area contributed by atoms with Gasteiger partial charge in [0.2, 0.25) is 0 Å². The molecule has 0 fully saturated rings. The van der Waals surface area contributed by atoms with Gasteiger partial charge in [-0.2, -0.15) is 0 Å². The average molecular weight is 219 g/mol. The van der Waals surface area contributed by atoms with E-state index >= 15 is 0 Å². The zero-order valence-corrected chi connectivity index (χ0v) is 11.7. The summed E-state index contributed by atoms with van der Waals surface area (Å²) in [7, 11) is 0. The van der Waals surface area contributed by atoms with Crippen molar-refractivity contribution >= 4 is 24.3 Å². The predicted molar refractivity (Wildman–Crippen MR) is 35.4 cm³/mol. The van der Waals surface area contributed by atoms with Crippen LogP contribution in [-0.4, -0.2) is 33.4 Å². The second-order valence-corrected chi connectivity index (χ2v) is 1.45. The third kappa shape index (κ3) is 13.8. The van der Waals surface area contributed by atoms with E-state index in [9.17, 15) is 9.59 Å². The molecule has 1 atom stereocenters. The molecular weight excluding hydrogens is 209 g/mol. The van der Waals surface area contributed by atoms with Crippen molar-refractivity contribution in [2.45, 2.75) is 12.5 Å². The van der Waals surface area contributed by atoms with Crippen LogP contribution in [-0.2, 0) is 9.59 Å². The Morgan fingerprint density at radius 1 is 1.25 bits per heavy atom. The Hall–Kier alpha value is 1.19. The van der Waals surface area contributed by atoms with Crippen LogP contribution in [0.1, 0.15) is 9.27 Å². The van der Waals surface area contributed by atoms with Crippen molar-refractivity contribution in [3.63, 3.8) is 0 Å². The van der Waals surface area contributed by atoms with E-state index in [4.69, 9.17) is 15.3 Å². The summed E-state index contributed by atoms with van der Waals surface area (Å²) >= 11 is 0. The summed E-state index contributed by atoms with van der Waals surface area (Å²) in [4.78, 5) is 19.4. The number of aliphatic hydroxyl groups excluding tert-OH is 1. The van der Waals surface area contributed by atoms with Gasteiger partial charge in [-0.15, -0.1) is 12.4 Å². The summed E-state index contributed by atoms with van der Waals surface area (Å²) in [6, 6.07) is 0. The van der Waals surface area contributed by atoms with Crippen LogP contribution in [0.5, 0.6) is 0 Å². The minimum absolute atomic E-state index is 0. The van der Waals surface area contributed by atoms with Crippen LogP contribution >= 0.6 is 12.4 Å². The number of hydrogen-bond acceptors (Lipinski definition) is 3. The molecule has 1 unspecified atom stereocenters. The van der Waals surface area contributed by atoms with Gasteiger partial charge in [-0.05, 0) is 0 Å². The number of carboxylic acid groups (broad SMARTS) is 2. The van der Waals surface area contributed by atoms with E-state index in [1.165, 1.54) is 0 Å². The van der Waals surface area contributed by atoms with Gasteiger partial charge in [0.05, 0.1) is 6.42 Å². The minimum atomic E-state index is -1.79. The molecule has 0 aliphatic carbocycles. The third-order valence-electron chi connectivity index (χ3n) is 0.653. The summed E-state index contributed by atoms with van der Waals surface area (Å²) in [5.74, 6) is -2.85. The van der Waals surface area contributed by atoms with E-state index in [1.54, 1.807) is 0 Å². The number of aliphatic carboxylic acids is 2. The van der Waals surface area contributed by atoms with Crippen LogP contribution in [0.3, 0.4) is 0 Å². The van der Waals surface area contributed by atoms with E-state index in [-0.39, 0.29) is 74.4 Å². The maximum Gasteiger partial charge on any atom is 1.00 e. The summed E-state index contributed by atoms with van der Waals surface area (Å²) in [5, 5.41) is 24.1. The van der Waals surface area contributed by atoms with Gasteiger partial charge < -0.3 is 18.2 Å². The van der Waals surface area contributed by atoms with E-state index in [1.807, 2.05) is 0 Å². The van der Waals surface area contributed by atoms with Gasteiger partial charge in [0.1, 0.15) is 0 Å². The Morgan fingerprint density at radius 3 is 1.67 bits per heavy atom. The fourth-order valence-electron chi connectivity index (χ4n) is 0.253. The van der Waals surface area contributed by atoms with Gasteiger partial charge in [-0.25, -0.2) is 4.79 Å². The average Bonchev–Trinajstić information content (AvgIpc) is 1.63. The Kier molecular flexibility index (Phi) is 23.6. The molecule has 64 valence electrons. The van der Waals surface area contributed by atoms with Crippen molar-refractivity contribution in [2.75, 3.05) is 0 Å². The van der Waals surface area contributed by atoms with E-state index in [2.05, 4.69) is 0 Å². The maximum atomic E-state index is 9.72. The monoisotopic (exact) mass is 218 g/mol. The Balaban J connectivity index is -0.0000000320. The van der Waals surface area contributed by atoms with Gasteiger partial charge in [0, 0.05) is 0 Å². The zero-order valence-electron chi connectivity index (χ0n) is 8.85. The second-order valence-electron chi connectivity index (χ2n) is 1.45. The Morgan fingerprint density at radius 2 is 1.58 bits per heavy atom. The number of rotatable bonds is 3. The predicted octanol–water partition coefficient (Wildman–Crippen LogP) is -6.44. The SMILES string of the molecule is Cl.O=C(O)CC(O)C(=O)O.[H-].[H-].[Na+].[Na+]. The first-order valence-electron chi connectivity index (χ1n) is 2.16. The van der Waals surface area contributed by atoms with Crippen molar-refractivity contribution in [3.8, 4) is 0 Å². The van der Waals surface area contributed by atoms with Crippen LogP contribution in [0.15, 0.2) is 0 Å². The molecule has 0 aliphatic rings. The first-order valence-corrected chi connectivity index (χ1v) is 2.16. The molecule has 8 heteroatoms. The van der Waals surface area contributed by atoms with Crippen LogP contribution in [0.2, 0.25) is 0 Å². The number of carbonyl (C=O) groups is 2. The second kappa shape index (κ2) is 12.2. The third-order valence-corrected chi connectivity index (χ3v) is 0.653. The fraction of sp³-hybridized carbons (Fsp3) is 0.500. The molecule has 0 heterocycles. The van der Waals surface area contributed by atoms with E-state index in [0.717, 1.165) is 0 Å². The largest absolute Gasteiger partial charge is 1.00 e. The first kappa shape index (κ1) is 23.2. The van der Waals surface area contributed by atoms with Crippen LogP contribution in [0, 0.1) is 0 Å². The van der Waals surface area contributed by atoms with Gasteiger partial charge >= 0.3 is 71.1 Å². The van der Waals surface area contributed by atoms with Crippen LogP contribution < -0.4 is 59.1 Å². The molecule has 12 heavy (non-hydrogen) atoms. The van der Waals surface area contributed by atoms with Crippen molar-refractivity contribution in [1.29, 1.82) is 0 Å². The van der Waals surface area contributed by atoms with Gasteiger partial charge in [-0.1, -0.05) is 0 Å². The van der Waals surface area contributed by atoms with Crippen LogP contribution in [0.4, 0.5) is 0 Å². The molecule has 0 saturated carbocycles. The quantitative estimate of drug-likeness (QED) is 0.410. The van der Waals surface area contributed by atoms with Crippen molar-refractivity contribution < 1.29 is 86.9 Å². The number of carboxylic acids is 2. The summed E-state index contributed by atoms with van der Waals surface area (Å²) in [6.07, 6.45) is -2.54. The van der Waals surface area contributed by atoms with Gasteiger partial charge in [-0.3, -0.25) is 4.79 Å². The molecule has 0 aromatic rings. The molecule has 0 amide bonds. The summed E-state index contributed by atoms with van der Waals surface area (Å²) in [6.45, 7) is 0. The Bertz CT molecular complexity index is 150. The molecule has 0 aromatic carbocycles. The summed E-state index contributed by atoms with van der Waals surface area (Å²) < 4.78 is 0. The molecule has 5 nitrogen and oxygen atoms in total. The van der Waals surface area contributed by atoms with Crippen molar-refractivity contribution in [1.82, 2.24) is 0 Å². The summed E-state index contributed by atoms with van der Waals surface area (Å²) in [5.41, 5.74) is 0. The first-order chi connectivity index (χ1) is 4.04. The molecule has 0 saturated heterocycles. The maximum absolute atomic E-state index is 9.72. The zero-order chi connectivity index (χ0) is 7.44. The molecule has 0 rings (SSSR count). The van der Waals surface area contributed by atoms with Crippen LogP contribution in [0.25, 0.3) is 0 Å². The molecular formula is C4H9ClNa2O5. The van der Waals surface area contributed by atoms with Crippen molar-refractivity contribution in [3.05, 3.63) is 0 Å². The molecule has 0 radical (unpaired) electrons.